The number of aryl methyl sites for hydroxylation is 1. The fraction of sp³-hybridized carbons (Fsp3) is 0.500. The molecule has 0 atom stereocenters. The van der Waals surface area contributed by atoms with E-state index in [-0.39, 0.29) is 0 Å². The summed E-state index contributed by atoms with van der Waals surface area (Å²) in [6.45, 7) is 0.889. The number of hydrogen-bond donors (Lipinski definition) is 0. The molecule has 44 valence electrons. The molecule has 0 radical (unpaired) electrons. The summed E-state index contributed by atoms with van der Waals surface area (Å²) in [7, 11) is 0. The number of aromatic nitrogens is 3. The summed E-state index contributed by atoms with van der Waals surface area (Å²) in [5.41, 5.74) is 0. The Balaban J connectivity index is 2.50. The van der Waals surface area contributed by atoms with Gasteiger partial charge in [-0.05, 0) is 0 Å². The van der Waals surface area contributed by atoms with Crippen molar-refractivity contribution in [1.82, 2.24) is 14.8 Å². The Hall–Kier alpha value is -0.380. The highest BCUT2D eigenvalue weighted by Gasteiger charge is 1.84. The summed E-state index contributed by atoms with van der Waals surface area (Å²) in [6, 6.07) is 0. The van der Waals surface area contributed by atoms with Crippen molar-refractivity contribution in [3.05, 3.63) is 12.7 Å². The number of nitrogens with zero attached hydrogens (tertiary/aromatic N) is 3. The third kappa shape index (κ3) is 1.30. The van der Waals surface area contributed by atoms with Crippen LogP contribution in [0, 0.1) is 0 Å². The molecule has 0 bridgehead atoms. The Morgan fingerprint density at radius 3 is 3.00 bits per heavy atom. The third-order valence-corrected chi connectivity index (χ3v) is 1.13. The molecule has 0 aromatic carbocycles. The molecule has 8 heavy (non-hydrogen) atoms. The molecule has 3 nitrogen and oxygen atoms in total. The van der Waals surface area contributed by atoms with E-state index in [1.54, 1.807) is 11.0 Å². The van der Waals surface area contributed by atoms with Gasteiger partial charge in [0.25, 0.3) is 0 Å². The highest BCUT2D eigenvalue weighted by Crippen LogP contribution is 1.84. The summed E-state index contributed by atoms with van der Waals surface area (Å²) in [5, 5.41) is 4.81. The molecule has 1 aromatic heterocycles. The average molecular weight is 176 g/mol. The average Bonchev–Trinajstić information content (AvgIpc) is 2.19. The molecular formula is C4H6BrN3. The molecule has 0 amide bonds. The lowest BCUT2D eigenvalue weighted by atomic mass is 10.8. The Kier molecular flexibility index (Phi) is 2.02. The van der Waals surface area contributed by atoms with Gasteiger partial charge in [-0.3, -0.25) is 4.68 Å². The van der Waals surface area contributed by atoms with E-state index in [9.17, 15) is 0 Å². The predicted octanol–water partition coefficient (Wildman–Crippen LogP) is 0.673. The van der Waals surface area contributed by atoms with Gasteiger partial charge in [0.15, 0.2) is 0 Å². The van der Waals surface area contributed by atoms with E-state index in [0.29, 0.717) is 0 Å². The second-order valence-corrected chi connectivity index (χ2v) is 2.14. The maximum absolute atomic E-state index is 3.88. The monoisotopic (exact) mass is 175 g/mol. The van der Waals surface area contributed by atoms with Gasteiger partial charge in [-0.2, -0.15) is 5.10 Å². The zero-order valence-electron chi connectivity index (χ0n) is 4.29. The van der Waals surface area contributed by atoms with Crippen LogP contribution in [0.5, 0.6) is 0 Å². The minimum atomic E-state index is 0.889. The van der Waals surface area contributed by atoms with Crippen molar-refractivity contribution in [3.8, 4) is 0 Å². The van der Waals surface area contributed by atoms with Crippen LogP contribution in [0.1, 0.15) is 0 Å². The quantitative estimate of drug-likeness (QED) is 0.620. The number of hydrogen-bond acceptors (Lipinski definition) is 2. The molecule has 0 aliphatic heterocycles. The first-order valence-electron chi connectivity index (χ1n) is 2.32. The lowest BCUT2D eigenvalue weighted by molar-refractivity contribution is 0.667. The van der Waals surface area contributed by atoms with Crippen molar-refractivity contribution in [2.24, 2.45) is 0 Å². The van der Waals surface area contributed by atoms with Gasteiger partial charge in [0, 0.05) is 5.33 Å². The molecule has 4 heteroatoms. The smallest absolute Gasteiger partial charge is 0.137 e. The topological polar surface area (TPSA) is 30.7 Å². The van der Waals surface area contributed by atoms with E-state index in [1.165, 1.54) is 6.33 Å². The molecular weight excluding hydrogens is 170 g/mol. The van der Waals surface area contributed by atoms with Crippen molar-refractivity contribution in [2.75, 3.05) is 5.33 Å². The maximum atomic E-state index is 3.88. The summed E-state index contributed by atoms with van der Waals surface area (Å²) in [6.07, 6.45) is 3.23. The third-order valence-electron chi connectivity index (χ3n) is 0.780. The summed E-state index contributed by atoms with van der Waals surface area (Å²) >= 11 is 3.28. The summed E-state index contributed by atoms with van der Waals surface area (Å²) < 4.78 is 1.77. The van der Waals surface area contributed by atoms with E-state index in [1.807, 2.05) is 0 Å². The van der Waals surface area contributed by atoms with Crippen molar-refractivity contribution >= 4 is 15.9 Å². The first-order chi connectivity index (χ1) is 3.93. The van der Waals surface area contributed by atoms with Gasteiger partial charge in [-0.1, -0.05) is 15.9 Å². The van der Waals surface area contributed by atoms with E-state index in [2.05, 4.69) is 26.0 Å². The van der Waals surface area contributed by atoms with Gasteiger partial charge in [0.05, 0.1) is 6.54 Å². The standard InChI is InChI=1S/C4H6BrN3/c5-1-2-8-4-6-3-7-8/h3-4H,1-2H2. The second kappa shape index (κ2) is 2.81. The van der Waals surface area contributed by atoms with Crippen molar-refractivity contribution in [2.45, 2.75) is 6.54 Å². The van der Waals surface area contributed by atoms with Crippen LogP contribution in [0.25, 0.3) is 0 Å². The Morgan fingerprint density at radius 2 is 2.50 bits per heavy atom. The fourth-order valence-electron chi connectivity index (χ4n) is 0.435. The number of rotatable bonds is 2. The molecule has 0 saturated carbocycles. The predicted molar refractivity (Wildman–Crippen MR) is 33.8 cm³/mol. The zero-order valence-corrected chi connectivity index (χ0v) is 5.87. The van der Waals surface area contributed by atoms with Crippen LogP contribution in [0.4, 0.5) is 0 Å². The van der Waals surface area contributed by atoms with Crippen LogP contribution in [0.2, 0.25) is 0 Å². The largest absolute Gasteiger partial charge is 0.252 e. The van der Waals surface area contributed by atoms with E-state index >= 15 is 0 Å². The molecule has 0 saturated heterocycles. The zero-order chi connectivity index (χ0) is 5.82. The maximum Gasteiger partial charge on any atom is 0.137 e. The summed E-state index contributed by atoms with van der Waals surface area (Å²) in [4.78, 5) is 3.77. The molecule has 0 N–H and O–H groups in total. The van der Waals surface area contributed by atoms with Crippen LogP contribution in [0.3, 0.4) is 0 Å². The van der Waals surface area contributed by atoms with Gasteiger partial charge >= 0.3 is 0 Å². The van der Waals surface area contributed by atoms with Gasteiger partial charge < -0.3 is 0 Å². The molecule has 0 aliphatic rings. The fourth-order valence-corrected chi connectivity index (χ4v) is 0.798. The highest BCUT2D eigenvalue weighted by molar-refractivity contribution is 9.09. The van der Waals surface area contributed by atoms with Gasteiger partial charge in [0.2, 0.25) is 0 Å². The van der Waals surface area contributed by atoms with Crippen molar-refractivity contribution < 1.29 is 0 Å². The highest BCUT2D eigenvalue weighted by atomic mass is 79.9. The van der Waals surface area contributed by atoms with E-state index in [4.69, 9.17) is 0 Å². The van der Waals surface area contributed by atoms with Crippen LogP contribution < -0.4 is 0 Å². The Morgan fingerprint density at radius 1 is 1.62 bits per heavy atom. The lowest BCUT2D eigenvalue weighted by Crippen LogP contribution is -1.97. The number of halogens is 1. The molecule has 1 aromatic rings. The second-order valence-electron chi connectivity index (χ2n) is 1.35. The first-order valence-corrected chi connectivity index (χ1v) is 3.44. The Bertz CT molecular complexity index is 137. The molecule has 0 unspecified atom stereocenters. The van der Waals surface area contributed by atoms with Crippen molar-refractivity contribution in [1.29, 1.82) is 0 Å². The Labute approximate surface area is 55.9 Å². The van der Waals surface area contributed by atoms with Crippen LogP contribution in [0.15, 0.2) is 12.7 Å². The van der Waals surface area contributed by atoms with E-state index < -0.39 is 0 Å². The van der Waals surface area contributed by atoms with Gasteiger partial charge in [-0.25, -0.2) is 4.98 Å². The molecule has 0 fully saturated rings. The normalized spacial score (nSPS) is 9.62. The van der Waals surface area contributed by atoms with Crippen LogP contribution in [-0.4, -0.2) is 20.1 Å². The van der Waals surface area contributed by atoms with Gasteiger partial charge in [0.1, 0.15) is 12.7 Å². The molecule has 0 aliphatic carbocycles. The number of alkyl halides is 1. The SMILES string of the molecule is BrCCn1cncn1. The van der Waals surface area contributed by atoms with Crippen LogP contribution in [-0.2, 0) is 6.54 Å². The minimum Gasteiger partial charge on any atom is -0.252 e. The summed E-state index contributed by atoms with van der Waals surface area (Å²) in [5.74, 6) is 0. The van der Waals surface area contributed by atoms with E-state index in [0.717, 1.165) is 11.9 Å². The van der Waals surface area contributed by atoms with Crippen LogP contribution >= 0.6 is 15.9 Å². The minimum absolute atomic E-state index is 0.889. The molecule has 0 spiro atoms. The van der Waals surface area contributed by atoms with Gasteiger partial charge in [-0.15, -0.1) is 0 Å². The lowest BCUT2D eigenvalue weighted by Gasteiger charge is -1.90. The van der Waals surface area contributed by atoms with Crippen molar-refractivity contribution in [3.63, 3.8) is 0 Å². The molecule has 1 rings (SSSR count). The molecule has 1 heterocycles. The first kappa shape index (κ1) is 5.75.